The fourth-order valence-electron chi connectivity index (χ4n) is 3.38. The van der Waals surface area contributed by atoms with Gasteiger partial charge >= 0.3 is 11.8 Å². The van der Waals surface area contributed by atoms with Gasteiger partial charge in [0.2, 0.25) is 0 Å². The average Bonchev–Trinajstić information content (AvgIpc) is 2.86. The van der Waals surface area contributed by atoms with Gasteiger partial charge in [0.1, 0.15) is 30.2 Å². The van der Waals surface area contributed by atoms with Crippen LogP contribution in [0.5, 0.6) is 5.75 Å². The Morgan fingerprint density at radius 1 is 1.00 bits per heavy atom. The van der Waals surface area contributed by atoms with Crippen LogP contribution < -0.4 is 4.74 Å². The molecule has 2 fully saturated rings. The highest BCUT2D eigenvalue weighted by Gasteiger charge is 2.58. The number of methoxy groups -OCH3 is 1. The summed E-state index contributed by atoms with van der Waals surface area (Å²) in [7, 11) is 1.52. The Morgan fingerprint density at radius 3 is 2.20 bits per heavy atom. The Labute approximate surface area is 143 Å². The zero-order valence-corrected chi connectivity index (χ0v) is 13.5. The number of hydrogen-bond donors (Lipinski definition) is 4. The fraction of sp³-hybridized carbons (Fsp3) is 0.500. The van der Waals surface area contributed by atoms with Crippen molar-refractivity contribution >= 4 is 11.8 Å². The summed E-state index contributed by atoms with van der Waals surface area (Å²) in [5, 5.41) is 39.8. The van der Waals surface area contributed by atoms with E-state index in [1.54, 1.807) is 24.3 Å². The van der Waals surface area contributed by atoms with Crippen molar-refractivity contribution in [1.82, 2.24) is 9.80 Å². The molecule has 25 heavy (non-hydrogen) atoms. The first-order chi connectivity index (χ1) is 11.9. The number of carbonyl (C=O) groups is 2. The second kappa shape index (κ2) is 6.60. The number of nitrogens with zero attached hydrogens (tertiary/aromatic N) is 2. The highest BCUT2D eigenvalue weighted by molar-refractivity contribution is 6.37. The summed E-state index contributed by atoms with van der Waals surface area (Å²) in [6.07, 6.45) is -5.84. The Kier molecular flexibility index (Phi) is 4.65. The lowest BCUT2D eigenvalue weighted by molar-refractivity contribution is -0.187. The minimum absolute atomic E-state index is 0.0216. The summed E-state index contributed by atoms with van der Waals surface area (Å²) >= 11 is 0. The van der Waals surface area contributed by atoms with Gasteiger partial charge in [0, 0.05) is 6.54 Å². The molecule has 0 bridgehead atoms. The maximum atomic E-state index is 12.4. The van der Waals surface area contributed by atoms with E-state index in [-0.39, 0.29) is 6.54 Å². The molecule has 2 aliphatic rings. The molecule has 9 nitrogen and oxygen atoms in total. The molecule has 0 saturated carbocycles. The van der Waals surface area contributed by atoms with Gasteiger partial charge in [-0.15, -0.1) is 0 Å². The van der Waals surface area contributed by atoms with Crippen molar-refractivity contribution in [3.63, 3.8) is 0 Å². The van der Waals surface area contributed by atoms with E-state index in [0.717, 1.165) is 9.80 Å². The molecule has 2 heterocycles. The van der Waals surface area contributed by atoms with Crippen LogP contribution in [0.15, 0.2) is 24.3 Å². The number of amides is 2. The molecule has 0 unspecified atom stereocenters. The van der Waals surface area contributed by atoms with Crippen LogP contribution in [-0.4, -0.2) is 86.3 Å². The van der Waals surface area contributed by atoms with Crippen molar-refractivity contribution in [1.29, 1.82) is 0 Å². The fourth-order valence-corrected chi connectivity index (χ4v) is 3.38. The molecule has 2 saturated heterocycles. The monoisotopic (exact) mass is 352 g/mol. The zero-order chi connectivity index (χ0) is 18.3. The standard InChI is InChI=1S/C16H20N2O7/c1-25-9-4-2-8(3-5-9)6-17-14-13(22)12(21)11(20)10(7-19)18(14)16(24)15(17)23/h2-5,10-14,19-22H,6-7H2,1H3/t10-,11-,12+,13+,14+/m1/s1. The van der Waals surface area contributed by atoms with E-state index in [1.807, 2.05) is 0 Å². The van der Waals surface area contributed by atoms with Crippen LogP contribution in [0.4, 0.5) is 0 Å². The summed E-state index contributed by atoms with van der Waals surface area (Å²) in [6, 6.07) is 5.65. The smallest absolute Gasteiger partial charge is 0.314 e. The molecule has 3 rings (SSSR count). The second-order valence-corrected chi connectivity index (χ2v) is 6.13. The van der Waals surface area contributed by atoms with Crippen LogP contribution in [0.3, 0.4) is 0 Å². The number of fused-ring (bicyclic) bond motifs is 1. The van der Waals surface area contributed by atoms with Gasteiger partial charge in [-0.05, 0) is 17.7 Å². The van der Waals surface area contributed by atoms with Crippen molar-refractivity contribution in [2.75, 3.05) is 13.7 Å². The van der Waals surface area contributed by atoms with E-state index in [9.17, 15) is 30.0 Å². The average molecular weight is 352 g/mol. The highest BCUT2D eigenvalue weighted by atomic mass is 16.5. The van der Waals surface area contributed by atoms with Gasteiger partial charge in [0.05, 0.1) is 19.8 Å². The minimum atomic E-state index is -1.59. The first-order valence-corrected chi connectivity index (χ1v) is 7.82. The first kappa shape index (κ1) is 17.6. The SMILES string of the molecule is COc1ccc(CN2C(=O)C(=O)N3[C@H](CO)[C@@H](O)[C@H](O)[C@H](O)[C@@H]23)cc1. The van der Waals surface area contributed by atoms with E-state index in [2.05, 4.69) is 0 Å². The first-order valence-electron chi connectivity index (χ1n) is 7.82. The predicted molar refractivity (Wildman–Crippen MR) is 83.1 cm³/mol. The Bertz CT molecular complexity index is 665. The molecular formula is C16H20N2O7. The molecule has 1 aromatic carbocycles. The number of piperidine rings is 1. The summed E-state index contributed by atoms with van der Waals surface area (Å²) in [6.45, 7) is -0.620. The Balaban J connectivity index is 1.91. The van der Waals surface area contributed by atoms with E-state index in [1.165, 1.54) is 7.11 Å². The third-order valence-corrected chi connectivity index (χ3v) is 4.74. The van der Waals surface area contributed by atoms with E-state index in [0.29, 0.717) is 11.3 Å². The number of aliphatic hydroxyl groups excluding tert-OH is 4. The number of ether oxygens (including phenoxy) is 1. The van der Waals surface area contributed by atoms with Gasteiger partial charge < -0.3 is 35.0 Å². The van der Waals surface area contributed by atoms with Crippen LogP contribution >= 0.6 is 0 Å². The van der Waals surface area contributed by atoms with Crippen molar-refractivity contribution in [2.24, 2.45) is 0 Å². The lowest BCUT2D eigenvalue weighted by Crippen LogP contribution is -2.68. The Hall–Kier alpha value is -2.20. The molecule has 0 spiro atoms. The highest BCUT2D eigenvalue weighted by Crippen LogP contribution is 2.33. The quantitative estimate of drug-likeness (QED) is 0.446. The van der Waals surface area contributed by atoms with Gasteiger partial charge in [-0.25, -0.2) is 0 Å². The predicted octanol–water partition coefficient (Wildman–Crippen LogP) is -2.35. The summed E-state index contributed by atoms with van der Waals surface area (Å²) in [5.74, 6) is -1.16. The second-order valence-electron chi connectivity index (χ2n) is 6.13. The normalized spacial score (nSPS) is 32.1. The maximum absolute atomic E-state index is 12.4. The molecule has 4 N–H and O–H groups in total. The number of rotatable bonds is 4. The van der Waals surface area contributed by atoms with Crippen LogP contribution in [0.25, 0.3) is 0 Å². The van der Waals surface area contributed by atoms with Crippen molar-refractivity contribution < 1.29 is 34.8 Å². The van der Waals surface area contributed by atoms with Crippen molar-refractivity contribution in [3.8, 4) is 5.75 Å². The molecule has 136 valence electrons. The summed E-state index contributed by atoms with van der Waals surface area (Å²) in [4.78, 5) is 26.8. The van der Waals surface area contributed by atoms with E-state index in [4.69, 9.17) is 4.74 Å². The number of benzene rings is 1. The molecule has 0 radical (unpaired) electrons. The molecule has 0 aromatic heterocycles. The lowest BCUT2D eigenvalue weighted by Gasteiger charge is -2.46. The number of aliphatic hydroxyl groups is 4. The molecule has 5 atom stereocenters. The molecule has 2 aliphatic heterocycles. The third kappa shape index (κ3) is 2.74. The molecule has 9 heteroatoms. The van der Waals surface area contributed by atoms with Gasteiger partial charge in [0.15, 0.2) is 0 Å². The van der Waals surface area contributed by atoms with E-state index >= 15 is 0 Å². The number of carbonyl (C=O) groups excluding carboxylic acids is 2. The van der Waals surface area contributed by atoms with Gasteiger partial charge in [-0.1, -0.05) is 12.1 Å². The van der Waals surface area contributed by atoms with Gasteiger partial charge in [0.25, 0.3) is 0 Å². The molecule has 1 aromatic rings. The van der Waals surface area contributed by atoms with Crippen LogP contribution in [-0.2, 0) is 16.1 Å². The van der Waals surface area contributed by atoms with Crippen LogP contribution in [0.2, 0.25) is 0 Å². The topological polar surface area (TPSA) is 131 Å². The maximum Gasteiger partial charge on any atom is 0.314 e. The minimum Gasteiger partial charge on any atom is -0.497 e. The van der Waals surface area contributed by atoms with Crippen molar-refractivity contribution in [2.45, 2.75) is 37.1 Å². The molecule has 0 aliphatic carbocycles. The zero-order valence-electron chi connectivity index (χ0n) is 13.5. The molecular weight excluding hydrogens is 332 g/mol. The van der Waals surface area contributed by atoms with Crippen LogP contribution in [0, 0.1) is 0 Å². The Morgan fingerprint density at radius 2 is 1.64 bits per heavy atom. The van der Waals surface area contributed by atoms with Gasteiger partial charge in [-0.2, -0.15) is 0 Å². The summed E-state index contributed by atoms with van der Waals surface area (Å²) in [5.41, 5.74) is 0.692. The van der Waals surface area contributed by atoms with Crippen molar-refractivity contribution in [3.05, 3.63) is 29.8 Å². The lowest BCUT2D eigenvalue weighted by atomic mass is 9.92. The largest absolute Gasteiger partial charge is 0.497 e. The summed E-state index contributed by atoms with van der Waals surface area (Å²) < 4.78 is 5.06. The van der Waals surface area contributed by atoms with E-state index < -0.39 is 48.9 Å². The van der Waals surface area contributed by atoms with Gasteiger partial charge in [-0.3, -0.25) is 9.59 Å². The third-order valence-electron chi connectivity index (χ3n) is 4.74. The molecule has 2 amide bonds. The van der Waals surface area contributed by atoms with Crippen LogP contribution in [0.1, 0.15) is 5.56 Å². The number of hydrogen-bond acceptors (Lipinski definition) is 7.